The fraction of sp³-hybridized carbons (Fsp3) is 0.533. The molecule has 1 fully saturated rings. The number of carbonyl (C=O) groups excluding carboxylic acids is 1. The third-order valence-corrected chi connectivity index (χ3v) is 4.09. The second-order valence-electron chi connectivity index (χ2n) is 5.70. The molecule has 0 radical (unpaired) electrons. The largest absolute Gasteiger partial charge is 0.396 e. The van der Waals surface area contributed by atoms with E-state index in [-0.39, 0.29) is 18.6 Å². The van der Waals surface area contributed by atoms with Crippen LogP contribution in [0.1, 0.15) is 47.1 Å². The highest BCUT2D eigenvalue weighted by Gasteiger charge is 2.30. The molecule has 0 spiro atoms. The molecule has 0 aromatic carbocycles. The lowest BCUT2D eigenvalue weighted by Crippen LogP contribution is -2.38. The third kappa shape index (κ3) is 2.89. The van der Waals surface area contributed by atoms with Crippen LogP contribution in [0.3, 0.4) is 0 Å². The lowest BCUT2D eigenvalue weighted by molar-refractivity contribution is 0.0606. The van der Waals surface area contributed by atoms with E-state index in [1.807, 2.05) is 11.0 Å². The van der Waals surface area contributed by atoms with Crippen LogP contribution in [-0.4, -0.2) is 49.0 Å². The van der Waals surface area contributed by atoms with Gasteiger partial charge in [0.15, 0.2) is 0 Å². The van der Waals surface area contributed by atoms with Crippen LogP contribution in [0.2, 0.25) is 0 Å². The Morgan fingerprint density at radius 3 is 3.09 bits per heavy atom. The number of rotatable bonds is 4. The third-order valence-electron chi connectivity index (χ3n) is 4.09. The number of nitrogens with zero attached hydrogens (tertiary/aromatic N) is 4. The van der Waals surface area contributed by atoms with E-state index in [1.54, 1.807) is 24.1 Å². The Morgan fingerprint density at radius 1 is 1.50 bits per heavy atom. The predicted molar refractivity (Wildman–Crippen MR) is 80.2 cm³/mol. The molecule has 118 valence electrons. The lowest BCUT2D eigenvalue weighted by Gasteiger charge is -2.34. The summed E-state index contributed by atoms with van der Waals surface area (Å²) in [5.41, 5.74) is 2.39. The van der Waals surface area contributed by atoms with Crippen LogP contribution in [-0.2, 0) is 13.5 Å². The fourth-order valence-corrected chi connectivity index (χ4v) is 2.98. The molecule has 22 heavy (non-hydrogen) atoms. The van der Waals surface area contributed by atoms with Gasteiger partial charge in [-0.25, -0.2) is 0 Å². The molecule has 1 aliphatic heterocycles. The Bertz CT molecular complexity index is 648. The monoisotopic (exact) mass is 303 g/mol. The van der Waals surface area contributed by atoms with Gasteiger partial charge in [0.2, 0.25) is 0 Å². The smallest absolute Gasteiger partial charge is 0.257 e. The topological polar surface area (TPSA) is 87.0 Å². The summed E-state index contributed by atoms with van der Waals surface area (Å²) in [6.07, 6.45) is 6.91. The van der Waals surface area contributed by atoms with Gasteiger partial charge in [0, 0.05) is 38.5 Å². The summed E-state index contributed by atoms with van der Waals surface area (Å²) in [5, 5.41) is 20.4. The summed E-state index contributed by atoms with van der Waals surface area (Å²) in [6.45, 7) is 0.825. The summed E-state index contributed by atoms with van der Waals surface area (Å²) in [5.74, 6) is 0.00417. The molecule has 1 saturated heterocycles. The molecule has 0 aliphatic carbocycles. The van der Waals surface area contributed by atoms with E-state index < -0.39 is 0 Å². The van der Waals surface area contributed by atoms with Crippen LogP contribution < -0.4 is 0 Å². The fourth-order valence-electron chi connectivity index (χ4n) is 2.98. The zero-order valence-electron chi connectivity index (χ0n) is 12.7. The highest BCUT2D eigenvalue weighted by Crippen LogP contribution is 2.31. The second-order valence-corrected chi connectivity index (χ2v) is 5.70. The molecule has 3 rings (SSSR count). The molecule has 2 aromatic rings. The summed E-state index contributed by atoms with van der Waals surface area (Å²) < 4.78 is 1.64. The summed E-state index contributed by atoms with van der Waals surface area (Å²) >= 11 is 0. The predicted octanol–water partition coefficient (Wildman–Crippen LogP) is 1.05. The van der Waals surface area contributed by atoms with Crippen molar-refractivity contribution >= 4 is 5.91 Å². The van der Waals surface area contributed by atoms with Gasteiger partial charge in [-0.1, -0.05) is 0 Å². The zero-order chi connectivity index (χ0) is 15.5. The molecule has 1 aliphatic rings. The molecule has 0 unspecified atom stereocenters. The van der Waals surface area contributed by atoms with Crippen molar-refractivity contribution < 1.29 is 9.90 Å². The normalized spacial score (nSPS) is 18.6. The minimum atomic E-state index is -0.00912. The Hall–Kier alpha value is -2.15. The van der Waals surface area contributed by atoms with Crippen molar-refractivity contribution in [2.24, 2.45) is 7.05 Å². The van der Waals surface area contributed by atoms with Crippen molar-refractivity contribution in [3.8, 4) is 0 Å². The Morgan fingerprint density at radius 2 is 2.36 bits per heavy atom. The second kappa shape index (κ2) is 6.31. The van der Waals surface area contributed by atoms with E-state index >= 15 is 0 Å². The number of H-pyrrole nitrogens is 1. The van der Waals surface area contributed by atoms with Gasteiger partial charge in [-0.2, -0.15) is 10.2 Å². The van der Waals surface area contributed by atoms with E-state index in [9.17, 15) is 4.79 Å². The summed E-state index contributed by atoms with van der Waals surface area (Å²) in [7, 11) is 1.80. The van der Waals surface area contributed by atoms with E-state index in [0.717, 1.165) is 37.2 Å². The highest BCUT2D eigenvalue weighted by atomic mass is 16.3. The number of hydrogen-bond donors (Lipinski definition) is 2. The maximum absolute atomic E-state index is 12.7. The van der Waals surface area contributed by atoms with Crippen LogP contribution in [0.25, 0.3) is 0 Å². The van der Waals surface area contributed by atoms with Crippen molar-refractivity contribution in [2.45, 2.75) is 31.7 Å². The molecule has 0 bridgehead atoms. The van der Waals surface area contributed by atoms with E-state index in [1.165, 1.54) is 0 Å². The minimum Gasteiger partial charge on any atom is -0.396 e. The average molecular weight is 303 g/mol. The molecule has 1 amide bonds. The van der Waals surface area contributed by atoms with Crippen molar-refractivity contribution in [3.05, 3.63) is 35.4 Å². The number of aliphatic hydroxyl groups is 1. The first-order valence-electron chi connectivity index (χ1n) is 7.63. The van der Waals surface area contributed by atoms with Crippen LogP contribution in [0.15, 0.2) is 18.5 Å². The first-order valence-corrected chi connectivity index (χ1v) is 7.63. The molecule has 7 nitrogen and oxygen atoms in total. The van der Waals surface area contributed by atoms with Gasteiger partial charge < -0.3 is 10.0 Å². The molecule has 3 heterocycles. The molecule has 2 N–H and O–H groups in total. The number of piperidine rings is 1. The quantitative estimate of drug-likeness (QED) is 0.883. The van der Waals surface area contributed by atoms with Gasteiger partial charge in [-0.15, -0.1) is 0 Å². The van der Waals surface area contributed by atoms with Crippen LogP contribution >= 0.6 is 0 Å². The standard InChI is InChI=1S/C15H21N5O2/c1-19-10-11(9-16-19)15(22)20-6-3-2-4-14(20)13-8-12(5-7-21)17-18-13/h8-10,14,21H,2-7H2,1H3,(H,17,18)/t14-/m1/s1. The van der Waals surface area contributed by atoms with Gasteiger partial charge in [-0.3, -0.25) is 14.6 Å². The Labute approximate surface area is 128 Å². The Balaban J connectivity index is 1.82. The number of nitrogens with one attached hydrogen (secondary N) is 1. The van der Waals surface area contributed by atoms with Crippen molar-refractivity contribution in [3.63, 3.8) is 0 Å². The Kier molecular flexibility index (Phi) is 4.24. The van der Waals surface area contributed by atoms with Crippen molar-refractivity contribution in [1.82, 2.24) is 24.9 Å². The van der Waals surface area contributed by atoms with E-state index in [0.29, 0.717) is 12.0 Å². The van der Waals surface area contributed by atoms with Crippen molar-refractivity contribution in [1.29, 1.82) is 0 Å². The average Bonchev–Trinajstić information content (AvgIpc) is 3.16. The lowest BCUT2D eigenvalue weighted by atomic mass is 9.98. The number of aryl methyl sites for hydroxylation is 1. The molecule has 1 atom stereocenters. The summed E-state index contributed by atoms with van der Waals surface area (Å²) in [6, 6.07) is 1.94. The number of likely N-dealkylation sites (tertiary alicyclic amines) is 1. The van der Waals surface area contributed by atoms with Gasteiger partial charge in [0.05, 0.1) is 23.5 Å². The van der Waals surface area contributed by atoms with Crippen LogP contribution in [0.4, 0.5) is 0 Å². The first-order chi connectivity index (χ1) is 10.7. The van der Waals surface area contributed by atoms with Gasteiger partial charge in [0.1, 0.15) is 0 Å². The minimum absolute atomic E-state index is 0.00417. The molecular weight excluding hydrogens is 282 g/mol. The number of aromatic nitrogens is 4. The number of carbonyl (C=O) groups is 1. The molecular formula is C15H21N5O2. The summed E-state index contributed by atoms with van der Waals surface area (Å²) in [4.78, 5) is 14.6. The van der Waals surface area contributed by atoms with Crippen LogP contribution in [0.5, 0.6) is 0 Å². The van der Waals surface area contributed by atoms with E-state index in [2.05, 4.69) is 15.3 Å². The van der Waals surface area contributed by atoms with Gasteiger partial charge >= 0.3 is 0 Å². The number of amides is 1. The van der Waals surface area contributed by atoms with Gasteiger partial charge in [-0.05, 0) is 25.3 Å². The SMILES string of the molecule is Cn1cc(C(=O)N2CCCC[C@@H]2c2cc(CCO)[nH]n2)cn1. The highest BCUT2D eigenvalue weighted by molar-refractivity contribution is 5.94. The van der Waals surface area contributed by atoms with Crippen LogP contribution in [0, 0.1) is 0 Å². The number of hydrogen-bond acceptors (Lipinski definition) is 4. The number of aromatic amines is 1. The van der Waals surface area contributed by atoms with E-state index in [4.69, 9.17) is 5.11 Å². The van der Waals surface area contributed by atoms with Gasteiger partial charge in [0.25, 0.3) is 5.91 Å². The van der Waals surface area contributed by atoms with Crippen molar-refractivity contribution in [2.75, 3.05) is 13.2 Å². The maximum atomic E-state index is 12.7. The number of aliphatic hydroxyl groups excluding tert-OH is 1. The maximum Gasteiger partial charge on any atom is 0.257 e. The molecule has 0 saturated carbocycles. The zero-order valence-corrected chi connectivity index (χ0v) is 12.7. The molecule has 2 aromatic heterocycles. The first kappa shape index (κ1) is 14.8. The molecule has 7 heteroatoms.